The summed E-state index contributed by atoms with van der Waals surface area (Å²) < 4.78 is 1.21. The molecule has 0 spiro atoms. The maximum atomic E-state index is 11.8. The molecular weight excluding hydrogens is 325 g/mol. The monoisotopic (exact) mass is 341 g/mol. The third kappa shape index (κ3) is 3.84. The molecule has 0 aliphatic heterocycles. The van der Waals surface area contributed by atoms with E-state index in [-0.39, 0.29) is 0 Å². The van der Waals surface area contributed by atoms with Crippen molar-refractivity contribution in [3.05, 3.63) is 39.6 Å². The quantitative estimate of drug-likeness (QED) is 0.498. The fourth-order valence-electron chi connectivity index (χ4n) is 1.95. The van der Waals surface area contributed by atoms with Crippen molar-refractivity contribution in [1.82, 2.24) is 0 Å². The van der Waals surface area contributed by atoms with E-state index in [4.69, 9.17) is 0 Å². The lowest BCUT2D eigenvalue weighted by atomic mass is 10.1. The molecular formula is C14H16INO. The number of Topliss-reactive ketones (excluding diaryl/α,β-unsaturated/α-hetero) is 1. The minimum atomic E-state index is 0.306. The fourth-order valence-corrected chi connectivity index (χ4v) is 2.31. The highest BCUT2D eigenvalue weighted by Gasteiger charge is 2.12. The highest BCUT2D eigenvalue weighted by Crippen LogP contribution is 2.19. The topological polar surface area (TPSA) is 29.1 Å². The molecule has 2 rings (SSSR count). The second kappa shape index (κ2) is 6.19. The van der Waals surface area contributed by atoms with Gasteiger partial charge in [0.1, 0.15) is 0 Å². The average Bonchev–Trinajstić information content (AvgIpc) is 2.54. The van der Waals surface area contributed by atoms with Crippen LogP contribution in [0.4, 0.5) is 5.69 Å². The average molecular weight is 341 g/mol. The first-order valence-corrected chi connectivity index (χ1v) is 7.08. The van der Waals surface area contributed by atoms with Crippen LogP contribution in [0.25, 0.3) is 0 Å². The summed E-state index contributed by atoms with van der Waals surface area (Å²) in [5, 5.41) is 3.21. The van der Waals surface area contributed by atoms with Crippen molar-refractivity contribution < 1.29 is 4.79 Å². The summed E-state index contributed by atoms with van der Waals surface area (Å²) in [5.74, 6) is 0.306. The Bertz CT molecular complexity index is 422. The molecule has 0 radical (unpaired) electrons. The highest BCUT2D eigenvalue weighted by atomic mass is 127. The van der Waals surface area contributed by atoms with Crippen molar-refractivity contribution in [2.75, 3.05) is 5.32 Å². The number of carbonyl (C=O) groups excluding carboxylic acids is 1. The zero-order valence-electron chi connectivity index (χ0n) is 9.71. The van der Waals surface area contributed by atoms with Crippen LogP contribution in [0, 0.1) is 3.57 Å². The number of hydrogen-bond donors (Lipinski definition) is 1. The summed E-state index contributed by atoms with van der Waals surface area (Å²) in [7, 11) is 0. The molecule has 1 aliphatic rings. The van der Waals surface area contributed by atoms with Crippen LogP contribution >= 0.6 is 22.6 Å². The Balaban J connectivity index is 2.03. The van der Waals surface area contributed by atoms with Gasteiger partial charge in [0.25, 0.3) is 0 Å². The molecule has 0 heterocycles. The van der Waals surface area contributed by atoms with Gasteiger partial charge in [0, 0.05) is 27.5 Å². The minimum Gasteiger partial charge on any atom is -0.361 e. The number of nitrogens with one attached hydrogen (secondary N) is 1. The zero-order valence-corrected chi connectivity index (χ0v) is 11.9. The fraction of sp³-hybridized carbons (Fsp3) is 0.357. The van der Waals surface area contributed by atoms with Crippen molar-refractivity contribution >= 4 is 34.1 Å². The number of benzene rings is 1. The molecule has 1 aromatic carbocycles. The van der Waals surface area contributed by atoms with Gasteiger partial charge in [-0.15, -0.1) is 0 Å². The third-order valence-electron chi connectivity index (χ3n) is 2.97. The minimum absolute atomic E-state index is 0.306. The normalized spacial score (nSPS) is 19.1. The van der Waals surface area contributed by atoms with E-state index < -0.39 is 0 Å². The van der Waals surface area contributed by atoms with Gasteiger partial charge >= 0.3 is 0 Å². The van der Waals surface area contributed by atoms with Crippen LogP contribution in [0.5, 0.6) is 0 Å². The van der Waals surface area contributed by atoms with Gasteiger partial charge < -0.3 is 5.32 Å². The number of allylic oxidation sites excluding steroid dienone is 1. The first-order valence-electron chi connectivity index (χ1n) is 6.00. The maximum Gasteiger partial charge on any atom is 0.160 e. The first-order chi connectivity index (χ1) is 8.25. The van der Waals surface area contributed by atoms with Crippen molar-refractivity contribution in [3.63, 3.8) is 0 Å². The van der Waals surface area contributed by atoms with Crippen LogP contribution in [0.15, 0.2) is 36.0 Å². The van der Waals surface area contributed by atoms with E-state index in [1.165, 1.54) is 9.99 Å². The summed E-state index contributed by atoms with van der Waals surface area (Å²) >= 11 is 2.28. The standard InChI is InChI=1S/C14H16INO/c15-12-6-8-13(9-7-12)16-10-11-4-2-1-3-5-14(11)17/h6-10,16H,1-5H2/b11-10+. The maximum absolute atomic E-state index is 11.8. The molecule has 1 fully saturated rings. The first kappa shape index (κ1) is 12.6. The summed E-state index contributed by atoms with van der Waals surface area (Å²) in [5.41, 5.74) is 1.98. The van der Waals surface area contributed by atoms with Crippen LogP contribution in [0.3, 0.4) is 0 Å². The molecule has 0 amide bonds. The number of rotatable bonds is 2. The molecule has 0 atom stereocenters. The predicted octanol–water partition coefficient (Wildman–Crippen LogP) is 4.12. The zero-order chi connectivity index (χ0) is 12.1. The molecule has 17 heavy (non-hydrogen) atoms. The Morgan fingerprint density at radius 3 is 2.53 bits per heavy atom. The van der Waals surface area contributed by atoms with E-state index in [9.17, 15) is 4.79 Å². The van der Waals surface area contributed by atoms with E-state index in [1.54, 1.807) is 0 Å². The largest absolute Gasteiger partial charge is 0.361 e. The second-order valence-corrected chi connectivity index (χ2v) is 5.55. The van der Waals surface area contributed by atoms with Crippen LogP contribution in [0.2, 0.25) is 0 Å². The van der Waals surface area contributed by atoms with Crippen molar-refractivity contribution in [2.45, 2.75) is 32.1 Å². The molecule has 1 aromatic rings. The van der Waals surface area contributed by atoms with Gasteiger partial charge in [-0.05, 0) is 66.1 Å². The van der Waals surface area contributed by atoms with Crippen molar-refractivity contribution in [3.8, 4) is 0 Å². The molecule has 0 saturated heterocycles. The van der Waals surface area contributed by atoms with E-state index in [0.717, 1.165) is 30.5 Å². The smallest absolute Gasteiger partial charge is 0.160 e. The lowest BCUT2D eigenvalue weighted by molar-refractivity contribution is -0.115. The lowest BCUT2D eigenvalue weighted by Gasteiger charge is -2.04. The van der Waals surface area contributed by atoms with Gasteiger partial charge in [0.2, 0.25) is 0 Å². The Morgan fingerprint density at radius 2 is 1.76 bits per heavy atom. The summed E-state index contributed by atoms with van der Waals surface area (Å²) in [6, 6.07) is 8.16. The van der Waals surface area contributed by atoms with Gasteiger partial charge in [-0.2, -0.15) is 0 Å². The number of ketones is 1. The molecule has 1 saturated carbocycles. The van der Waals surface area contributed by atoms with Crippen LogP contribution < -0.4 is 5.32 Å². The van der Waals surface area contributed by atoms with Gasteiger partial charge in [-0.25, -0.2) is 0 Å². The van der Waals surface area contributed by atoms with Crippen LogP contribution in [-0.4, -0.2) is 5.78 Å². The summed E-state index contributed by atoms with van der Waals surface area (Å²) in [6.07, 6.45) is 6.85. The predicted molar refractivity (Wildman–Crippen MR) is 79.0 cm³/mol. The Morgan fingerprint density at radius 1 is 1.06 bits per heavy atom. The molecule has 0 bridgehead atoms. The summed E-state index contributed by atoms with van der Waals surface area (Å²) in [6.45, 7) is 0. The number of hydrogen-bond acceptors (Lipinski definition) is 2. The number of anilines is 1. The molecule has 1 N–H and O–H groups in total. The van der Waals surface area contributed by atoms with Crippen molar-refractivity contribution in [2.24, 2.45) is 0 Å². The lowest BCUT2D eigenvalue weighted by Crippen LogP contribution is -2.02. The Hall–Kier alpha value is -0.840. The second-order valence-electron chi connectivity index (χ2n) is 4.30. The highest BCUT2D eigenvalue weighted by molar-refractivity contribution is 14.1. The molecule has 90 valence electrons. The summed E-state index contributed by atoms with van der Waals surface area (Å²) in [4.78, 5) is 11.8. The Labute approximate surface area is 116 Å². The van der Waals surface area contributed by atoms with Gasteiger partial charge in [0.15, 0.2) is 5.78 Å². The van der Waals surface area contributed by atoms with E-state index >= 15 is 0 Å². The molecule has 1 aliphatic carbocycles. The van der Waals surface area contributed by atoms with E-state index in [2.05, 4.69) is 40.0 Å². The van der Waals surface area contributed by atoms with Gasteiger partial charge in [-0.1, -0.05) is 6.42 Å². The molecule has 2 nitrogen and oxygen atoms in total. The van der Waals surface area contributed by atoms with Crippen molar-refractivity contribution in [1.29, 1.82) is 0 Å². The molecule has 3 heteroatoms. The molecule has 0 aromatic heterocycles. The number of halogens is 1. The van der Waals surface area contributed by atoms with Gasteiger partial charge in [0.05, 0.1) is 0 Å². The van der Waals surface area contributed by atoms with Crippen LogP contribution in [-0.2, 0) is 4.79 Å². The SMILES string of the molecule is O=C1CCCCC/C1=C\Nc1ccc(I)cc1. The molecule has 0 unspecified atom stereocenters. The van der Waals surface area contributed by atoms with E-state index in [0.29, 0.717) is 12.2 Å². The van der Waals surface area contributed by atoms with Crippen LogP contribution in [0.1, 0.15) is 32.1 Å². The third-order valence-corrected chi connectivity index (χ3v) is 3.68. The Kier molecular flexibility index (Phi) is 4.59. The number of carbonyl (C=O) groups is 1. The van der Waals surface area contributed by atoms with Gasteiger partial charge in [-0.3, -0.25) is 4.79 Å². The van der Waals surface area contributed by atoms with E-state index in [1.807, 2.05) is 18.3 Å².